The van der Waals surface area contributed by atoms with Crippen LogP contribution in [0.15, 0.2) is 72.1 Å². The zero-order valence-electron chi connectivity index (χ0n) is 14.7. The zero-order chi connectivity index (χ0) is 18.4. The molecule has 0 fully saturated rings. The SMILES string of the molecule is CC(Sc1nncn1C)C(=O)NN(Cc1ccccc1)c1ccccc1. The van der Waals surface area contributed by atoms with E-state index in [0.717, 1.165) is 11.3 Å². The summed E-state index contributed by atoms with van der Waals surface area (Å²) in [5, 5.41) is 10.1. The number of para-hydroxylation sites is 1. The normalized spacial score (nSPS) is 11.8. The van der Waals surface area contributed by atoms with Gasteiger partial charge in [-0.25, -0.2) is 0 Å². The standard InChI is InChI=1S/C19H21N5OS/c1-15(26-19-21-20-14-23(19)2)18(25)22-24(17-11-7-4-8-12-17)13-16-9-5-3-6-10-16/h3-12,14-15H,13H2,1-2H3,(H,22,25). The van der Waals surface area contributed by atoms with Gasteiger partial charge in [-0.3, -0.25) is 15.2 Å². The Bertz CT molecular complexity index is 837. The van der Waals surface area contributed by atoms with E-state index in [1.807, 2.05) is 79.6 Å². The molecule has 1 N–H and O–H groups in total. The quantitative estimate of drug-likeness (QED) is 0.514. The monoisotopic (exact) mass is 367 g/mol. The molecule has 3 rings (SSSR count). The molecule has 3 aromatic rings. The lowest BCUT2D eigenvalue weighted by molar-refractivity contribution is -0.120. The number of hydrazine groups is 1. The Morgan fingerprint density at radius 2 is 1.81 bits per heavy atom. The number of anilines is 1. The first-order chi connectivity index (χ1) is 12.6. The molecule has 134 valence electrons. The van der Waals surface area contributed by atoms with E-state index in [1.165, 1.54) is 11.8 Å². The molecule has 6 nitrogen and oxygen atoms in total. The zero-order valence-corrected chi connectivity index (χ0v) is 15.6. The number of hydrogen-bond acceptors (Lipinski definition) is 5. The first-order valence-electron chi connectivity index (χ1n) is 8.31. The number of thioether (sulfide) groups is 1. The molecule has 1 unspecified atom stereocenters. The molecule has 7 heteroatoms. The Labute approximate surface area is 157 Å². The topological polar surface area (TPSA) is 63.1 Å². The second-order valence-electron chi connectivity index (χ2n) is 5.87. The highest BCUT2D eigenvalue weighted by atomic mass is 32.2. The summed E-state index contributed by atoms with van der Waals surface area (Å²) >= 11 is 1.38. The molecular weight excluding hydrogens is 346 g/mol. The van der Waals surface area contributed by atoms with E-state index in [4.69, 9.17) is 0 Å². The molecule has 0 aliphatic rings. The average Bonchev–Trinajstić information content (AvgIpc) is 3.07. The minimum absolute atomic E-state index is 0.0854. The van der Waals surface area contributed by atoms with Gasteiger partial charge in [0.15, 0.2) is 5.16 Å². The first kappa shape index (κ1) is 18.0. The molecule has 0 radical (unpaired) electrons. The maximum absolute atomic E-state index is 12.7. The molecule has 0 spiro atoms. The molecule has 0 bridgehead atoms. The number of aromatic nitrogens is 3. The number of hydrogen-bond donors (Lipinski definition) is 1. The smallest absolute Gasteiger partial charge is 0.251 e. The third-order valence-corrected chi connectivity index (χ3v) is 4.97. The third-order valence-electron chi connectivity index (χ3n) is 3.82. The van der Waals surface area contributed by atoms with Gasteiger partial charge in [0.25, 0.3) is 5.91 Å². The summed E-state index contributed by atoms with van der Waals surface area (Å²) in [6.07, 6.45) is 1.62. The summed E-state index contributed by atoms with van der Waals surface area (Å²) in [6, 6.07) is 19.9. The van der Waals surface area contributed by atoms with Crippen molar-refractivity contribution < 1.29 is 4.79 Å². The Kier molecular flexibility index (Phi) is 5.91. The van der Waals surface area contributed by atoms with Gasteiger partial charge in [-0.15, -0.1) is 10.2 Å². The lowest BCUT2D eigenvalue weighted by Crippen LogP contribution is -2.45. The largest absolute Gasteiger partial charge is 0.312 e. The highest BCUT2D eigenvalue weighted by Gasteiger charge is 2.20. The Morgan fingerprint density at radius 3 is 2.42 bits per heavy atom. The van der Waals surface area contributed by atoms with E-state index in [-0.39, 0.29) is 11.2 Å². The van der Waals surface area contributed by atoms with Crippen molar-refractivity contribution in [3.05, 3.63) is 72.6 Å². The van der Waals surface area contributed by atoms with Crippen LogP contribution < -0.4 is 10.4 Å². The van der Waals surface area contributed by atoms with Crippen molar-refractivity contribution in [3.8, 4) is 0 Å². The van der Waals surface area contributed by atoms with Crippen molar-refractivity contribution in [3.63, 3.8) is 0 Å². The highest BCUT2D eigenvalue weighted by Crippen LogP contribution is 2.21. The molecule has 2 aromatic carbocycles. The minimum Gasteiger partial charge on any atom is -0.312 e. The summed E-state index contributed by atoms with van der Waals surface area (Å²) < 4.78 is 1.80. The van der Waals surface area contributed by atoms with E-state index >= 15 is 0 Å². The fourth-order valence-corrected chi connectivity index (χ4v) is 3.17. The molecule has 1 amide bonds. The molecular formula is C19H21N5OS. The summed E-state index contributed by atoms with van der Waals surface area (Å²) in [7, 11) is 1.86. The van der Waals surface area contributed by atoms with E-state index in [9.17, 15) is 4.79 Å². The van der Waals surface area contributed by atoms with Gasteiger partial charge in [0.1, 0.15) is 6.33 Å². The fraction of sp³-hybridized carbons (Fsp3) is 0.211. The number of rotatable bonds is 7. The van der Waals surface area contributed by atoms with Crippen LogP contribution in [0.2, 0.25) is 0 Å². The number of benzene rings is 2. The lowest BCUT2D eigenvalue weighted by Gasteiger charge is -2.27. The van der Waals surface area contributed by atoms with Crippen molar-refractivity contribution in [2.45, 2.75) is 23.9 Å². The molecule has 0 aliphatic heterocycles. The highest BCUT2D eigenvalue weighted by molar-refractivity contribution is 8.00. The lowest BCUT2D eigenvalue weighted by atomic mass is 10.2. The first-order valence-corrected chi connectivity index (χ1v) is 9.19. The number of nitrogens with zero attached hydrogens (tertiary/aromatic N) is 4. The predicted octanol–water partition coefficient (Wildman–Crippen LogP) is 3.03. The molecule has 0 saturated heterocycles. The Morgan fingerprint density at radius 1 is 1.15 bits per heavy atom. The van der Waals surface area contributed by atoms with Crippen LogP contribution in [0.25, 0.3) is 0 Å². The van der Waals surface area contributed by atoms with Gasteiger partial charge >= 0.3 is 0 Å². The van der Waals surface area contributed by atoms with E-state index in [2.05, 4.69) is 15.6 Å². The van der Waals surface area contributed by atoms with Crippen molar-refractivity contribution in [2.75, 3.05) is 5.01 Å². The Hall–Kier alpha value is -2.80. The third kappa shape index (κ3) is 4.64. The van der Waals surface area contributed by atoms with Gasteiger partial charge in [0, 0.05) is 7.05 Å². The van der Waals surface area contributed by atoms with Gasteiger partial charge in [-0.1, -0.05) is 60.3 Å². The van der Waals surface area contributed by atoms with Gasteiger partial charge < -0.3 is 4.57 Å². The van der Waals surface area contributed by atoms with Crippen molar-refractivity contribution in [2.24, 2.45) is 7.05 Å². The number of nitrogens with one attached hydrogen (secondary N) is 1. The van der Waals surface area contributed by atoms with Gasteiger partial charge in [0.05, 0.1) is 17.5 Å². The summed E-state index contributed by atoms with van der Waals surface area (Å²) in [5.74, 6) is -0.0854. The molecule has 0 aliphatic carbocycles. The van der Waals surface area contributed by atoms with Crippen LogP contribution in [0.1, 0.15) is 12.5 Å². The summed E-state index contributed by atoms with van der Waals surface area (Å²) in [4.78, 5) is 12.7. The van der Waals surface area contributed by atoms with Crippen LogP contribution in [0, 0.1) is 0 Å². The molecule has 1 aromatic heterocycles. The maximum Gasteiger partial charge on any atom is 0.251 e. The van der Waals surface area contributed by atoms with E-state index in [1.54, 1.807) is 10.9 Å². The van der Waals surface area contributed by atoms with Gasteiger partial charge in [-0.05, 0) is 24.6 Å². The second-order valence-corrected chi connectivity index (χ2v) is 7.18. The summed E-state index contributed by atoms with van der Waals surface area (Å²) in [5.41, 5.74) is 5.08. The van der Waals surface area contributed by atoms with Crippen molar-refractivity contribution >= 4 is 23.4 Å². The van der Waals surface area contributed by atoms with Crippen LogP contribution in [-0.2, 0) is 18.4 Å². The Balaban J connectivity index is 1.72. The predicted molar refractivity (Wildman–Crippen MR) is 104 cm³/mol. The van der Waals surface area contributed by atoms with Crippen LogP contribution in [-0.4, -0.2) is 25.9 Å². The molecule has 0 saturated carbocycles. The van der Waals surface area contributed by atoms with Crippen molar-refractivity contribution in [1.29, 1.82) is 0 Å². The van der Waals surface area contributed by atoms with Crippen LogP contribution >= 0.6 is 11.8 Å². The number of carbonyl (C=O) groups is 1. The minimum atomic E-state index is -0.306. The maximum atomic E-state index is 12.7. The van der Waals surface area contributed by atoms with Crippen LogP contribution in [0.5, 0.6) is 0 Å². The van der Waals surface area contributed by atoms with Crippen LogP contribution in [0.3, 0.4) is 0 Å². The molecule has 1 heterocycles. The molecule has 1 atom stereocenters. The molecule has 26 heavy (non-hydrogen) atoms. The van der Waals surface area contributed by atoms with Crippen molar-refractivity contribution in [1.82, 2.24) is 20.2 Å². The number of carbonyl (C=O) groups excluding carboxylic acids is 1. The van der Waals surface area contributed by atoms with Gasteiger partial charge in [0.2, 0.25) is 0 Å². The van der Waals surface area contributed by atoms with Crippen LogP contribution in [0.4, 0.5) is 5.69 Å². The average molecular weight is 367 g/mol. The number of amides is 1. The number of aryl methyl sites for hydroxylation is 1. The fourth-order valence-electron chi connectivity index (χ4n) is 2.38. The second kappa shape index (κ2) is 8.53. The van der Waals surface area contributed by atoms with E-state index < -0.39 is 0 Å². The summed E-state index contributed by atoms with van der Waals surface area (Å²) in [6.45, 7) is 2.44. The van der Waals surface area contributed by atoms with Gasteiger partial charge in [-0.2, -0.15) is 0 Å². The van der Waals surface area contributed by atoms with E-state index in [0.29, 0.717) is 11.7 Å².